The van der Waals surface area contributed by atoms with Crippen LogP contribution in [0.4, 0.5) is 18.0 Å². The molecule has 0 spiro atoms. The third-order valence-corrected chi connectivity index (χ3v) is 3.10. The van der Waals surface area contributed by atoms with Gasteiger partial charge < -0.3 is 15.0 Å². The van der Waals surface area contributed by atoms with Crippen LogP contribution in [0.15, 0.2) is 0 Å². The Labute approximate surface area is 101 Å². The topological polar surface area (TPSA) is 58.6 Å². The summed E-state index contributed by atoms with van der Waals surface area (Å²) in [5.74, 6) is -2.16. The van der Waals surface area contributed by atoms with Crippen molar-refractivity contribution < 1.29 is 27.5 Å². The third-order valence-electron chi connectivity index (χ3n) is 3.10. The Morgan fingerprint density at radius 1 is 1.28 bits per heavy atom. The van der Waals surface area contributed by atoms with E-state index in [4.69, 9.17) is 0 Å². The number of carbonyl (C=O) groups is 2. The molecular weight excluding hydrogens is 253 g/mol. The van der Waals surface area contributed by atoms with Crippen LogP contribution in [-0.2, 0) is 9.53 Å². The smallest absolute Gasteiger partial charge is 0.369 e. The highest BCUT2D eigenvalue weighted by Crippen LogP contribution is 2.36. The average molecular weight is 266 g/mol. The first-order valence-corrected chi connectivity index (χ1v) is 5.70. The van der Waals surface area contributed by atoms with Crippen LogP contribution in [-0.4, -0.2) is 48.8 Å². The molecule has 0 bridgehead atoms. The molecule has 8 heteroatoms. The lowest BCUT2D eigenvalue weighted by Gasteiger charge is -2.35. The van der Waals surface area contributed by atoms with Crippen LogP contribution in [0.1, 0.15) is 12.8 Å². The number of nitrogens with one attached hydrogen (secondary N) is 1. The maximum atomic E-state index is 12.0. The van der Waals surface area contributed by atoms with Gasteiger partial charge in [0.1, 0.15) is 0 Å². The Balaban J connectivity index is 1.96. The van der Waals surface area contributed by atoms with E-state index in [-0.39, 0.29) is 12.6 Å². The fraction of sp³-hybridized carbons (Fsp3) is 0.800. The molecule has 0 radical (unpaired) electrons. The normalized spacial score (nSPS) is 24.8. The second kappa shape index (κ2) is 4.75. The molecule has 5 nitrogen and oxygen atoms in total. The number of amides is 1. The van der Waals surface area contributed by atoms with Gasteiger partial charge in [-0.2, -0.15) is 13.2 Å². The molecule has 0 aromatic carbocycles. The molecule has 1 aliphatic heterocycles. The zero-order valence-electron chi connectivity index (χ0n) is 9.50. The van der Waals surface area contributed by atoms with Crippen molar-refractivity contribution in [3.8, 4) is 0 Å². The highest BCUT2D eigenvalue weighted by atomic mass is 19.4. The van der Waals surface area contributed by atoms with E-state index in [0.29, 0.717) is 19.0 Å². The molecule has 1 aliphatic carbocycles. The van der Waals surface area contributed by atoms with E-state index in [9.17, 15) is 22.8 Å². The van der Waals surface area contributed by atoms with Gasteiger partial charge in [0.2, 0.25) is 0 Å². The lowest BCUT2D eigenvalue weighted by Crippen LogP contribution is -2.55. The van der Waals surface area contributed by atoms with Crippen LogP contribution in [0.25, 0.3) is 0 Å². The molecule has 2 aliphatic rings. The Bertz CT molecular complexity index is 355. The molecule has 102 valence electrons. The van der Waals surface area contributed by atoms with Gasteiger partial charge in [-0.05, 0) is 18.8 Å². The molecule has 18 heavy (non-hydrogen) atoms. The van der Waals surface area contributed by atoms with Crippen LogP contribution in [0.2, 0.25) is 0 Å². The minimum Gasteiger partial charge on any atom is -0.369 e. The molecule has 1 amide bonds. The summed E-state index contributed by atoms with van der Waals surface area (Å²) in [7, 11) is 0. The molecule has 0 aromatic rings. The summed E-state index contributed by atoms with van der Waals surface area (Å²) in [5.41, 5.74) is 0. The fourth-order valence-electron chi connectivity index (χ4n) is 2.05. The van der Waals surface area contributed by atoms with Gasteiger partial charge in [0.05, 0.1) is 6.04 Å². The predicted octanol–water partition coefficient (Wildman–Crippen LogP) is 0.896. The highest BCUT2D eigenvalue weighted by molar-refractivity contribution is 5.87. The van der Waals surface area contributed by atoms with E-state index in [2.05, 4.69) is 10.1 Å². The Kier molecular flexibility index (Phi) is 3.47. The van der Waals surface area contributed by atoms with Crippen LogP contribution in [0, 0.1) is 5.92 Å². The van der Waals surface area contributed by atoms with E-state index in [1.165, 1.54) is 4.90 Å². The average Bonchev–Trinajstić information content (AvgIpc) is 3.11. The van der Waals surface area contributed by atoms with Crippen LogP contribution in [0.3, 0.4) is 0 Å². The third kappa shape index (κ3) is 2.92. The van der Waals surface area contributed by atoms with Crippen molar-refractivity contribution in [3.05, 3.63) is 0 Å². The summed E-state index contributed by atoms with van der Waals surface area (Å²) in [6.45, 7) is 1.27. The van der Waals surface area contributed by atoms with Crippen molar-refractivity contribution in [1.82, 2.24) is 10.2 Å². The van der Waals surface area contributed by atoms with Gasteiger partial charge in [0.15, 0.2) is 0 Å². The second-order valence-corrected chi connectivity index (χ2v) is 4.46. The molecule has 1 atom stereocenters. The first kappa shape index (κ1) is 13.1. The number of alkyl halides is 3. The summed E-state index contributed by atoms with van der Waals surface area (Å²) in [4.78, 5) is 23.4. The lowest BCUT2D eigenvalue weighted by atomic mass is 10.1. The molecule has 1 saturated heterocycles. The van der Waals surface area contributed by atoms with E-state index < -0.39 is 18.2 Å². The van der Waals surface area contributed by atoms with Crippen molar-refractivity contribution in [3.63, 3.8) is 0 Å². The molecule has 1 heterocycles. The van der Waals surface area contributed by atoms with Crippen molar-refractivity contribution in [2.45, 2.75) is 25.1 Å². The molecule has 1 N–H and O–H groups in total. The summed E-state index contributed by atoms with van der Waals surface area (Å²) in [6.07, 6.45) is -4.44. The Morgan fingerprint density at radius 3 is 2.50 bits per heavy atom. The number of hydrogen-bond donors (Lipinski definition) is 1. The van der Waals surface area contributed by atoms with Gasteiger partial charge in [-0.15, -0.1) is 0 Å². The van der Waals surface area contributed by atoms with Gasteiger partial charge in [-0.3, -0.25) is 0 Å². The second-order valence-electron chi connectivity index (χ2n) is 4.46. The number of esters is 1. The van der Waals surface area contributed by atoms with E-state index in [1.54, 1.807) is 0 Å². The summed E-state index contributed by atoms with van der Waals surface area (Å²) < 4.78 is 39.8. The maximum absolute atomic E-state index is 12.0. The molecule has 1 unspecified atom stereocenters. The molecule has 0 aromatic heterocycles. The first-order valence-electron chi connectivity index (χ1n) is 5.70. The van der Waals surface area contributed by atoms with Crippen LogP contribution < -0.4 is 5.32 Å². The van der Waals surface area contributed by atoms with Gasteiger partial charge >= 0.3 is 18.2 Å². The van der Waals surface area contributed by atoms with Crippen molar-refractivity contribution in [1.29, 1.82) is 0 Å². The Morgan fingerprint density at radius 2 is 1.94 bits per heavy atom. The van der Waals surface area contributed by atoms with Crippen molar-refractivity contribution in [2.75, 3.05) is 19.6 Å². The summed E-state index contributed by atoms with van der Waals surface area (Å²) >= 11 is 0. The van der Waals surface area contributed by atoms with E-state index in [0.717, 1.165) is 12.8 Å². The van der Waals surface area contributed by atoms with Crippen LogP contribution in [0.5, 0.6) is 0 Å². The monoisotopic (exact) mass is 266 g/mol. The zero-order chi connectivity index (χ0) is 13.3. The fourth-order valence-corrected chi connectivity index (χ4v) is 2.05. The van der Waals surface area contributed by atoms with Crippen molar-refractivity contribution in [2.24, 2.45) is 5.92 Å². The summed E-state index contributed by atoms with van der Waals surface area (Å²) in [6, 6.07) is -0.174. The standard InChI is InChI=1S/C10H13F3N2O3/c11-10(12,13)8(16)18-9(17)15-4-3-14-5-7(15)6-1-2-6/h6-7,14H,1-5H2. The first-order chi connectivity index (χ1) is 8.39. The zero-order valence-corrected chi connectivity index (χ0v) is 9.50. The van der Waals surface area contributed by atoms with Gasteiger partial charge in [0.25, 0.3) is 0 Å². The number of ether oxygens (including phenoxy) is 1. The molecule has 1 saturated carbocycles. The largest absolute Gasteiger partial charge is 0.491 e. The summed E-state index contributed by atoms with van der Waals surface area (Å²) in [5, 5.41) is 3.07. The number of carbonyl (C=O) groups excluding carboxylic acids is 2. The molecule has 2 rings (SSSR count). The molecular formula is C10H13F3N2O3. The number of nitrogens with zero attached hydrogens (tertiary/aromatic N) is 1. The minimum absolute atomic E-state index is 0.174. The van der Waals surface area contributed by atoms with Gasteiger partial charge in [-0.25, -0.2) is 9.59 Å². The Hall–Kier alpha value is -1.31. The highest BCUT2D eigenvalue weighted by Gasteiger charge is 2.45. The van der Waals surface area contributed by atoms with Crippen LogP contribution >= 0.6 is 0 Å². The quantitative estimate of drug-likeness (QED) is 0.566. The van der Waals surface area contributed by atoms with E-state index >= 15 is 0 Å². The molecule has 2 fully saturated rings. The maximum Gasteiger partial charge on any atom is 0.491 e. The number of halogens is 3. The van der Waals surface area contributed by atoms with Gasteiger partial charge in [-0.1, -0.05) is 0 Å². The number of piperazine rings is 1. The lowest BCUT2D eigenvalue weighted by molar-refractivity contribution is -0.194. The number of hydrogen-bond acceptors (Lipinski definition) is 4. The SMILES string of the molecule is O=C(OC(=O)C(F)(F)F)N1CCNCC1C1CC1. The minimum atomic E-state index is -5.14. The number of rotatable bonds is 1. The van der Waals surface area contributed by atoms with E-state index in [1.807, 2.05) is 0 Å². The van der Waals surface area contributed by atoms with Crippen molar-refractivity contribution >= 4 is 12.1 Å². The van der Waals surface area contributed by atoms with Gasteiger partial charge in [0, 0.05) is 19.6 Å². The predicted molar refractivity (Wildman–Crippen MR) is 53.6 cm³/mol.